The lowest BCUT2D eigenvalue weighted by atomic mass is 10.1. The van der Waals surface area contributed by atoms with Crippen molar-refractivity contribution in [2.45, 2.75) is 28.9 Å². The SMILES string of the molecule is Cc1ccc(N2CCN(S(=O)(=O)C(C)c3ccc4c(c3)Nc3ccccc3S4)CC2)cc1. The van der Waals surface area contributed by atoms with Crippen molar-refractivity contribution in [3.05, 3.63) is 77.9 Å². The second-order valence-electron chi connectivity index (χ2n) is 8.39. The number of hydrogen-bond donors (Lipinski definition) is 1. The molecule has 1 saturated heterocycles. The molecule has 0 aliphatic carbocycles. The lowest BCUT2D eigenvalue weighted by molar-refractivity contribution is 0.380. The Morgan fingerprint density at radius 2 is 1.56 bits per heavy atom. The van der Waals surface area contributed by atoms with Crippen molar-refractivity contribution in [3.8, 4) is 0 Å². The highest BCUT2D eigenvalue weighted by Gasteiger charge is 2.33. The van der Waals surface area contributed by atoms with E-state index in [-0.39, 0.29) is 0 Å². The molecule has 7 heteroatoms. The fraction of sp³-hybridized carbons (Fsp3) is 0.280. The summed E-state index contributed by atoms with van der Waals surface area (Å²) in [6.45, 7) is 6.29. The average molecular weight is 466 g/mol. The number of rotatable bonds is 4. The molecule has 1 unspecified atom stereocenters. The summed E-state index contributed by atoms with van der Waals surface area (Å²) >= 11 is 1.71. The number of nitrogens with zero attached hydrogens (tertiary/aromatic N) is 2. The summed E-state index contributed by atoms with van der Waals surface area (Å²) in [6.07, 6.45) is 0. The third-order valence-electron chi connectivity index (χ3n) is 6.29. The molecule has 166 valence electrons. The molecule has 2 aliphatic heterocycles. The summed E-state index contributed by atoms with van der Waals surface area (Å²) in [7, 11) is -3.44. The maximum Gasteiger partial charge on any atom is 0.221 e. The highest BCUT2D eigenvalue weighted by atomic mass is 32.2. The van der Waals surface area contributed by atoms with E-state index in [0.717, 1.165) is 27.5 Å². The zero-order chi connectivity index (χ0) is 22.3. The van der Waals surface area contributed by atoms with E-state index in [4.69, 9.17) is 0 Å². The van der Waals surface area contributed by atoms with Crippen LogP contribution < -0.4 is 10.2 Å². The van der Waals surface area contributed by atoms with Gasteiger partial charge in [-0.25, -0.2) is 8.42 Å². The van der Waals surface area contributed by atoms with Gasteiger partial charge in [-0.2, -0.15) is 4.31 Å². The fourth-order valence-electron chi connectivity index (χ4n) is 4.26. The van der Waals surface area contributed by atoms with Crippen molar-refractivity contribution >= 4 is 38.8 Å². The predicted molar refractivity (Wildman–Crippen MR) is 133 cm³/mol. The summed E-state index contributed by atoms with van der Waals surface area (Å²) in [5.41, 5.74) is 5.23. The molecule has 0 aromatic heterocycles. The van der Waals surface area contributed by atoms with E-state index in [9.17, 15) is 8.42 Å². The minimum atomic E-state index is -3.44. The van der Waals surface area contributed by atoms with Crippen LogP contribution in [0.4, 0.5) is 17.1 Å². The molecule has 0 spiro atoms. The minimum absolute atomic E-state index is 0.507. The first-order valence-electron chi connectivity index (χ1n) is 10.9. The molecule has 3 aromatic carbocycles. The quantitative estimate of drug-likeness (QED) is 0.436. The largest absolute Gasteiger partial charge is 0.369 e. The van der Waals surface area contributed by atoms with E-state index in [0.29, 0.717) is 26.2 Å². The molecule has 2 aliphatic rings. The number of sulfonamides is 1. The lowest BCUT2D eigenvalue weighted by Gasteiger charge is -2.36. The second kappa shape index (κ2) is 8.46. The van der Waals surface area contributed by atoms with Crippen LogP contribution in [0.15, 0.2) is 76.5 Å². The Bertz CT molecular complexity index is 1230. The van der Waals surface area contributed by atoms with Gasteiger partial charge >= 0.3 is 0 Å². The molecule has 0 bridgehead atoms. The average Bonchev–Trinajstić information content (AvgIpc) is 2.82. The third kappa shape index (κ3) is 4.00. The minimum Gasteiger partial charge on any atom is -0.369 e. The maximum absolute atomic E-state index is 13.4. The summed E-state index contributed by atoms with van der Waals surface area (Å²) in [5, 5.41) is 2.86. The van der Waals surface area contributed by atoms with E-state index >= 15 is 0 Å². The molecule has 0 radical (unpaired) electrons. The Kier molecular flexibility index (Phi) is 5.65. The van der Waals surface area contributed by atoms with Crippen molar-refractivity contribution < 1.29 is 8.42 Å². The number of fused-ring (bicyclic) bond motifs is 2. The van der Waals surface area contributed by atoms with Gasteiger partial charge < -0.3 is 10.2 Å². The first kappa shape index (κ1) is 21.4. The predicted octanol–water partition coefficient (Wildman–Crippen LogP) is 5.42. The van der Waals surface area contributed by atoms with Crippen LogP contribution in [0.5, 0.6) is 0 Å². The van der Waals surface area contributed by atoms with Crippen LogP contribution in [0.2, 0.25) is 0 Å². The molecule has 5 rings (SSSR count). The topological polar surface area (TPSA) is 52.7 Å². The number of para-hydroxylation sites is 1. The van der Waals surface area contributed by atoms with Gasteiger partial charge in [-0.05, 0) is 55.8 Å². The van der Waals surface area contributed by atoms with Crippen LogP contribution in [0.25, 0.3) is 0 Å². The van der Waals surface area contributed by atoms with Crippen molar-refractivity contribution in [1.29, 1.82) is 0 Å². The van der Waals surface area contributed by atoms with Crippen molar-refractivity contribution in [3.63, 3.8) is 0 Å². The maximum atomic E-state index is 13.4. The molecule has 1 atom stereocenters. The Balaban J connectivity index is 1.30. The van der Waals surface area contributed by atoms with E-state index < -0.39 is 15.3 Å². The van der Waals surface area contributed by atoms with Crippen LogP contribution >= 0.6 is 11.8 Å². The molecule has 32 heavy (non-hydrogen) atoms. The molecule has 1 N–H and O–H groups in total. The first-order valence-corrected chi connectivity index (χ1v) is 13.2. The molecule has 0 saturated carbocycles. The number of hydrogen-bond acceptors (Lipinski definition) is 5. The van der Waals surface area contributed by atoms with Gasteiger partial charge in [0.25, 0.3) is 0 Å². The van der Waals surface area contributed by atoms with Gasteiger partial charge in [0.15, 0.2) is 0 Å². The van der Waals surface area contributed by atoms with Gasteiger partial charge in [0.2, 0.25) is 10.0 Å². The fourth-order valence-corrected chi connectivity index (χ4v) is 6.84. The van der Waals surface area contributed by atoms with Crippen LogP contribution in [0.1, 0.15) is 23.3 Å². The number of piperazine rings is 1. The van der Waals surface area contributed by atoms with Crippen LogP contribution in [0.3, 0.4) is 0 Å². The molecule has 3 aromatic rings. The zero-order valence-electron chi connectivity index (χ0n) is 18.3. The Morgan fingerprint density at radius 1 is 0.875 bits per heavy atom. The molecule has 1 fully saturated rings. The number of nitrogens with one attached hydrogen (secondary N) is 1. The second-order valence-corrected chi connectivity index (χ2v) is 11.7. The van der Waals surface area contributed by atoms with Crippen molar-refractivity contribution in [2.75, 3.05) is 36.4 Å². The van der Waals surface area contributed by atoms with Crippen molar-refractivity contribution in [2.24, 2.45) is 0 Å². The zero-order valence-corrected chi connectivity index (χ0v) is 19.9. The molecule has 2 heterocycles. The van der Waals surface area contributed by atoms with E-state index in [1.165, 1.54) is 10.5 Å². The van der Waals surface area contributed by atoms with E-state index in [2.05, 4.69) is 47.5 Å². The smallest absolute Gasteiger partial charge is 0.221 e. The van der Waals surface area contributed by atoms with E-state index in [1.807, 2.05) is 36.4 Å². The van der Waals surface area contributed by atoms with Gasteiger partial charge in [0.05, 0.1) is 16.6 Å². The van der Waals surface area contributed by atoms with E-state index in [1.54, 1.807) is 23.0 Å². The summed E-state index contributed by atoms with van der Waals surface area (Å²) < 4.78 is 28.5. The molecule has 5 nitrogen and oxygen atoms in total. The molecular weight excluding hydrogens is 438 g/mol. The standard InChI is InChI=1S/C25H27N3O2S2/c1-18-7-10-21(11-8-18)27-13-15-28(16-14-27)32(29,30)19(2)20-9-12-25-23(17-20)26-22-5-3-4-6-24(22)31-25/h3-12,17,19,26H,13-16H2,1-2H3. The Hall–Kier alpha value is -2.48. The van der Waals surface area contributed by atoms with Gasteiger partial charge in [0.1, 0.15) is 0 Å². The first-order chi connectivity index (χ1) is 15.4. The number of aryl methyl sites for hydroxylation is 1. The lowest BCUT2D eigenvalue weighted by Crippen LogP contribution is -2.49. The third-order valence-corrected chi connectivity index (χ3v) is 9.70. The van der Waals surface area contributed by atoms with Crippen LogP contribution in [-0.4, -0.2) is 38.9 Å². The summed E-state index contributed by atoms with van der Waals surface area (Å²) in [6, 6.07) is 22.6. The number of benzene rings is 3. The van der Waals surface area contributed by atoms with Gasteiger partial charge in [-0.1, -0.05) is 47.7 Å². The summed E-state index contributed by atoms with van der Waals surface area (Å²) in [4.78, 5) is 4.55. The van der Waals surface area contributed by atoms with Crippen molar-refractivity contribution in [1.82, 2.24) is 4.31 Å². The van der Waals surface area contributed by atoms with Gasteiger partial charge in [0, 0.05) is 41.7 Å². The van der Waals surface area contributed by atoms with Gasteiger partial charge in [-0.3, -0.25) is 0 Å². The Labute approximate surface area is 194 Å². The molecular formula is C25H27N3O2S2. The van der Waals surface area contributed by atoms with Crippen LogP contribution in [-0.2, 0) is 10.0 Å². The van der Waals surface area contributed by atoms with Crippen LogP contribution in [0, 0.1) is 6.92 Å². The number of anilines is 3. The highest BCUT2D eigenvalue weighted by molar-refractivity contribution is 7.99. The highest BCUT2D eigenvalue weighted by Crippen LogP contribution is 2.45. The summed E-state index contributed by atoms with van der Waals surface area (Å²) in [5.74, 6) is 0. The Morgan fingerprint density at radius 3 is 2.31 bits per heavy atom. The van der Waals surface area contributed by atoms with Gasteiger partial charge in [-0.15, -0.1) is 0 Å². The monoisotopic (exact) mass is 465 g/mol. The normalized spacial score (nSPS) is 17.2. The molecule has 0 amide bonds.